The Kier molecular flexibility index (Phi) is 4.22. The lowest BCUT2D eigenvalue weighted by molar-refractivity contribution is -0.144. The van der Waals surface area contributed by atoms with E-state index in [4.69, 9.17) is 10.5 Å². The number of ether oxygens (including phenoxy) is 1. The Morgan fingerprint density at radius 2 is 2.31 bits per heavy atom. The highest BCUT2D eigenvalue weighted by atomic mass is 16.5. The molecule has 0 spiro atoms. The lowest BCUT2D eigenvalue weighted by atomic mass is 10.1. The van der Waals surface area contributed by atoms with Crippen molar-refractivity contribution < 1.29 is 9.53 Å². The van der Waals surface area contributed by atoms with E-state index in [0.29, 0.717) is 18.9 Å². The average Bonchev–Trinajstić information content (AvgIpc) is 2.86. The summed E-state index contributed by atoms with van der Waals surface area (Å²) in [5.41, 5.74) is 5.78. The fraction of sp³-hybridized carbons (Fsp3) is 0.900. The molecule has 1 rings (SSSR count). The summed E-state index contributed by atoms with van der Waals surface area (Å²) in [6.07, 6.45) is 4.77. The van der Waals surface area contributed by atoms with Crippen LogP contribution in [0, 0.1) is 5.92 Å². The van der Waals surface area contributed by atoms with Crippen molar-refractivity contribution in [3.05, 3.63) is 0 Å². The van der Waals surface area contributed by atoms with Gasteiger partial charge in [-0.05, 0) is 25.2 Å². The first-order chi connectivity index (χ1) is 6.24. The molecule has 1 saturated carbocycles. The van der Waals surface area contributed by atoms with E-state index >= 15 is 0 Å². The molecule has 1 fully saturated rings. The molecule has 0 saturated heterocycles. The van der Waals surface area contributed by atoms with Crippen molar-refractivity contribution in [1.29, 1.82) is 0 Å². The van der Waals surface area contributed by atoms with Crippen LogP contribution in [0.15, 0.2) is 0 Å². The van der Waals surface area contributed by atoms with Gasteiger partial charge in [-0.1, -0.05) is 13.3 Å². The Morgan fingerprint density at radius 1 is 1.62 bits per heavy atom. The maximum atomic E-state index is 11.2. The first kappa shape index (κ1) is 10.5. The number of rotatable bonds is 6. The van der Waals surface area contributed by atoms with Crippen molar-refractivity contribution >= 4 is 5.97 Å². The molecule has 1 unspecified atom stereocenters. The number of carbonyl (C=O) groups is 1. The van der Waals surface area contributed by atoms with Crippen molar-refractivity contribution in [2.45, 2.75) is 45.1 Å². The smallest absolute Gasteiger partial charge is 0.307 e. The molecule has 0 aromatic heterocycles. The number of unbranched alkanes of at least 4 members (excludes halogenated alkanes) is 1. The molecule has 0 heterocycles. The summed E-state index contributed by atoms with van der Waals surface area (Å²) >= 11 is 0. The third-order valence-corrected chi connectivity index (χ3v) is 2.39. The Morgan fingerprint density at radius 3 is 2.85 bits per heavy atom. The van der Waals surface area contributed by atoms with E-state index in [1.54, 1.807) is 0 Å². The van der Waals surface area contributed by atoms with Gasteiger partial charge in [0.15, 0.2) is 0 Å². The zero-order valence-electron chi connectivity index (χ0n) is 8.29. The molecule has 0 amide bonds. The molecule has 0 radical (unpaired) electrons. The van der Waals surface area contributed by atoms with Gasteiger partial charge in [0.1, 0.15) is 0 Å². The first-order valence-electron chi connectivity index (χ1n) is 5.15. The van der Waals surface area contributed by atoms with Gasteiger partial charge in [-0.25, -0.2) is 0 Å². The second-order valence-corrected chi connectivity index (χ2v) is 3.78. The molecule has 3 nitrogen and oxygen atoms in total. The molecule has 1 atom stereocenters. The second-order valence-electron chi connectivity index (χ2n) is 3.78. The van der Waals surface area contributed by atoms with Gasteiger partial charge in [0, 0.05) is 6.04 Å². The van der Waals surface area contributed by atoms with Gasteiger partial charge in [-0.15, -0.1) is 0 Å². The third-order valence-electron chi connectivity index (χ3n) is 2.39. The first-order valence-corrected chi connectivity index (χ1v) is 5.15. The predicted molar refractivity (Wildman–Crippen MR) is 51.2 cm³/mol. The molecule has 0 bridgehead atoms. The van der Waals surface area contributed by atoms with Crippen LogP contribution in [0.3, 0.4) is 0 Å². The van der Waals surface area contributed by atoms with Gasteiger partial charge < -0.3 is 10.5 Å². The van der Waals surface area contributed by atoms with Crippen LogP contribution in [0.1, 0.15) is 39.0 Å². The minimum atomic E-state index is -0.132. The monoisotopic (exact) mass is 185 g/mol. The van der Waals surface area contributed by atoms with E-state index in [0.717, 1.165) is 12.8 Å². The molecule has 0 aromatic carbocycles. The zero-order valence-corrected chi connectivity index (χ0v) is 8.29. The molecular formula is C10H19NO2. The SMILES string of the molecule is CCCCOC(=O)CC(N)C1CC1. The Hall–Kier alpha value is -0.570. The van der Waals surface area contributed by atoms with Crippen LogP contribution in [-0.4, -0.2) is 18.6 Å². The van der Waals surface area contributed by atoms with Gasteiger partial charge in [0.2, 0.25) is 0 Å². The van der Waals surface area contributed by atoms with Crippen LogP contribution in [0.25, 0.3) is 0 Å². The highest BCUT2D eigenvalue weighted by Gasteiger charge is 2.30. The third kappa shape index (κ3) is 4.27. The molecule has 2 N–H and O–H groups in total. The van der Waals surface area contributed by atoms with Crippen molar-refractivity contribution in [3.63, 3.8) is 0 Å². The summed E-state index contributed by atoms with van der Waals surface area (Å²) in [7, 11) is 0. The molecule has 0 aliphatic heterocycles. The van der Waals surface area contributed by atoms with Crippen LogP contribution in [0.5, 0.6) is 0 Å². The van der Waals surface area contributed by atoms with Crippen LogP contribution in [0.2, 0.25) is 0 Å². The summed E-state index contributed by atoms with van der Waals surface area (Å²) in [5, 5.41) is 0. The lowest BCUT2D eigenvalue weighted by Crippen LogP contribution is -2.27. The van der Waals surface area contributed by atoms with E-state index in [9.17, 15) is 4.79 Å². The molecule has 1 aliphatic carbocycles. The average molecular weight is 185 g/mol. The normalized spacial score (nSPS) is 18.3. The Balaban J connectivity index is 2.02. The maximum absolute atomic E-state index is 11.2. The van der Waals surface area contributed by atoms with Crippen molar-refractivity contribution in [2.75, 3.05) is 6.61 Å². The summed E-state index contributed by atoms with van der Waals surface area (Å²) in [6, 6.07) is 0.0362. The summed E-state index contributed by atoms with van der Waals surface area (Å²) < 4.78 is 5.01. The molecular weight excluding hydrogens is 166 g/mol. The van der Waals surface area contributed by atoms with E-state index in [-0.39, 0.29) is 12.0 Å². The molecule has 0 aromatic rings. The largest absolute Gasteiger partial charge is 0.466 e. The summed E-state index contributed by atoms with van der Waals surface area (Å²) in [6.45, 7) is 2.62. The fourth-order valence-electron chi connectivity index (χ4n) is 1.27. The topological polar surface area (TPSA) is 52.3 Å². The van der Waals surface area contributed by atoms with E-state index in [1.165, 1.54) is 12.8 Å². The van der Waals surface area contributed by atoms with Gasteiger partial charge in [0.05, 0.1) is 13.0 Å². The molecule has 13 heavy (non-hydrogen) atoms. The predicted octanol–water partition coefficient (Wildman–Crippen LogP) is 1.46. The quantitative estimate of drug-likeness (QED) is 0.503. The second kappa shape index (κ2) is 5.22. The fourth-order valence-corrected chi connectivity index (χ4v) is 1.27. The summed E-state index contributed by atoms with van der Waals surface area (Å²) in [4.78, 5) is 11.2. The maximum Gasteiger partial charge on any atom is 0.307 e. The van der Waals surface area contributed by atoms with E-state index in [2.05, 4.69) is 6.92 Å². The minimum Gasteiger partial charge on any atom is -0.466 e. The van der Waals surface area contributed by atoms with Crippen LogP contribution >= 0.6 is 0 Å². The standard InChI is InChI=1S/C10H19NO2/c1-2-3-6-13-10(12)7-9(11)8-4-5-8/h8-9H,2-7,11H2,1H3. The van der Waals surface area contributed by atoms with Gasteiger partial charge in [0.25, 0.3) is 0 Å². The van der Waals surface area contributed by atoms with Crippen molar-refractivity contribution in [1.82, 2.24) is 0 Å². The molecule has 1 aliphatic rings. The zero-order chi connectivity index (χ0) is 9.68. The Labute approximate surface area is 79.6 Å². The molecule has 76 valence electrons. The van der Waals surface area contributed by atoms with Crippen LogP contribution in [-0.2, 0) is 9.53 Å². The van der Waals surface area contributed by atoms with Gasteiger partial charge in [-0.2, -0.15) is 0 Å². The molecule has 3 heteroatoms. The highest BCUT2D eigenvalue weighted by molar-refractivity contribution is 5.70. The number of nitrogens with two attached hydrogens (primary N) is 1. The number of esters is 1. The van der Waals surface area contributed by atoms with Gasteiger partial charge >= 0.3 is 5.97 Å². The van der Waals surface area contributed by atoms with Crippen LogP contribution in [0.4, 0.5) is 0 Å². The van der Waals surface area contributed by atoms with Crippen molar-refractivity contribution in [3.8, 4) is 0 Å². The van der Waals surface area contributed by atoms with E-state index < -0.39 is 0 Å². The van der Waals surface area contributed by atoms with Crippen LogP contribution < -0.4 is 5.73 Å². The lowest BCUT2D eigenvalue weighted by Gasteiger charge is -2.09. The van der Waals surface area contributed by atoms with E-state index in [1.807, 2.05) is 0 Å². The number of hydrogen-bond donors (Lipinski definition) is 1. The van der Waals surface area contributed by atoms with Gasteiger partial charge in [-0.3, -0.25) is 4.79 Å². The number of hydrogen-bond acceptors (Lipinski definition) is 3. The Bertz CT molecular complexity index is 166. The van der Waals surface area contributed by atoms with Crippen molar-refractivity contribution in [2.24, 2.45) is 11.7 Å². The minimum absolute atomic E-state index is 0.0362. The highest BCUT2D eigenvalue weighted by Crippen LogP contribution is 2.32. The number of carbonyl (C=O) groups excluding carboxylic acids is 1. The summed E-state index contributed by atoms with van der Waals surface area (Å²) in [5.74, 6) is 0.451.